The Morgan fingerprint density at radius 1 is 0.593 bits per heavy atom. The second kappa shape index (κ2) is 33.1. The summed E-state index contributed by atoms with van der Waals surface area (Å²) >= 11 is 0. The zero-order chi connectivity index (χ0) is 67.2. The summed E-state index contributed by atoms with van der Waals surface area (Å²) in [6.45, 7) is 64.9. The topological polar surface area (TPSA) is 140 Å². The van der Waals surface area contributed by atoms with Crippen LogP contribution in [-0.2, 0) is 72.3 Å². The molecule has 91 heavy (non-hydrogen) atoms. The second-order valence-corrected chi connectivity index (χ2v) is 33.4. The van der Waals surface area contributed by atoms with Gasteiger partial charge in [0.25, 0.3) is 0 Å². The molecule has 0 spiro atoms. The first kappa shape index (κ1) is 78.0. The van der Waals surface area contributed by atoms with Gasteiger partial charge in [-0.1, -0.05) is 180 Å². The van der Waals surface area contributed by atoms with Crippen molar-refractivity contribution in [2.75, 3.05) is 46.3 Å². The number of aliphatic imine (C=N–C) groups is 1. The standard InChI is InChI=1S/C14H24N2.C12H21N3.2C11H19N3.C10H18N2.C8H14N2.C8H13N.CH4/c1-11-5-7-13(8-6-11)16-10-12(9-15-16)14(2,3)4;1-5-14-6-7-15-10(9-14)8-11(13-15)12(2,3)4;1-11(2,3)10-7-9-8-13(4)5-6-14(9)12-10;1-11(2,3)9-6-13-14(8-9)10-4-5-12-7-10;1-5-7-12-8-6-9(11-12)10(2,3)4;1-8(2,3)7-5-9-10(4)6-7;1-8(2,3)7-4-5-9-6-7;/h9-11,13H,5-8H2,1-4H3;8H,5-7,9H2,1-4H3;7H,5-6,8H2,1-4H3;6,8,10,12H,4-5,7H2,1-3H3;6,8H,5,7H2,1-4H3;5-6H,1-4H3;4,6H,5H2,1-3H3;1H4/p+1. The van der Waals surface area contributed by atoms with Crippen LogP contribution in [-0.4, -0.2) is 116 Å². The number of H-pyrrole nitrogens is 1. The van der Waals surface area contributed by atoms with Crippen molar-refractivity contribution < 1.29 is 4.68 Å². The average molecular weight is 1260 g/mol. The minimum absolute atomic E-state index is 0. The molecule has 10 heterocycles. The lowest BCUT2D eigenvalue weighted by atomic mass is 9.87. The van der Waals surface area contributed by atoms with E-state index in [0.717, 1.165) is 84.3 Å². The molecule has 2 fully saturated rings. The van der Waals surface area contributed by atoms with Crippen LogP contribution in [0.5, 0.6) is 0 Å². The third-order valence-corrected chi connectivity index (χ3v) is 17.6. The monoisotopic (exact) mass is 1260 g/mol. The Kier molecular flexibility index (Phi) is 28.4. The number of likely N-dealkylation sites (N-methyl/N-ethyl adjacent to an activating group) is 2. The maximum atomic E-state index is 4.68. The first-order valence-electron chi connectivity index (χ1n) is 34.3. The second-order valence-electron chi connectivity index (χ2n) is 33.4. The van der Waals surface area contributed by atoms with E-state index < -0.39 is 0 Å². The van der Waals surface area contributed by atoms with Gasteiger partial charge in [-0.15, -0.1) is 4.68 Å². The molecular formula is C75H133N16+. The lowest BCUT2D eigenvalue weighted by molar-refractivity contribution is -0.770. The van der Waals surface area contributed by atoms with Gasteiger partial charge in [0.15, 0.2) is 12.2 Å². The van der Waals surface area contributed by atoms with E-state index in [1.54, 1.807) is 0 Å². The summed E-state index contributed by atoms with van der Waals surface area (Å²) in [4.78, 5) is 8.91. The predicted octanol–water partition coefficient (Wildman–Crippen LogP) is 15.7. The molecule has 0 bridgehead atoms. The fourth-order valence-corrected chi connectivity index (χ4v) is 10.8. The van der Waals surface area contributed by atoms with Gasteiger partial charge < -0.3 is 5.32 Å². The van der Waals surface area contributed by atoms with Gasteiger partial charge in [-0.25, -0.2) is 0 Å². The van der Waals surface area contributed by atoms with Crippen LogP contribution in [0.15, 0.2) is 78.2 Å². The molecule has 1 aliphatic carbocycles. The number of nitrogens with zero attached hydrogens (tertiary/aromatic N) is 14. The van der Waals surface area contributed by atoms with Crippen molar-refractivity contribution >= 4 is 6.21 Å². The molecule has 16 heteroatoms. The number of aromatic amines is 1. The fourth-order valence-electron chi connectivity index (χ4n) is 10.8. The summed E-state index contributed by atoms with van der Waals surface area (Å²) in [6.07, 6.45) is 26.5. The Bertz CT molecular complexity index is 3100. The van der Waals surface area contributed by atoms with Crippen LogP contribution in [0.25, 0.3) is 0 Å². The zero-order valence-corrected chi connectivity index (χ0v) is 61.9. The lowest BCUT2D eigenvalue weighted by Gasteiger charge is -2.26. The van der Waals surface area contributed by atoms with Gasteiger partial charge in [-0.3, -0.25) is 38.2 Å². The molecule has 0 radical (unpaired) electrons. The van der Waals surface area contributed by atoms with Gasteiger partial charge >= 0.3 is 0 Å². The number of aryl methyl sites for hydroxylation is 2. The molecule has 6 aromatic rings. The SMILES string of the molecule is C.CC(C)(C)C1=CCN=C1.CC(C)(C)c1c[nH][n+](C2CCNC2)c1.CC1CCC(n2cc(C(C)(C)C)cn2)CC1.CCCn1ccc(C(C)(C)C)n1.CCN1CCn2nc(C(C)(C)C)cc2C1.CN1CCn2nc(C(C)(C)C)cc2C1.Cn1cc(C(C)(C)C)cn1. The molecular weight excluding hydrogens is 1120 g/mol. The number of rotatable bonds is 5. The zero-order valence-electron chi connectivity index (χ0n) is 61.9. The smallest absolute Gasteiger partial charge is 0.199 e. The van der Waals surface area contributed by atoms with E-state index in [1.807, 2.05) is 35.0 Å². The molecule has 0 amide bonds. The van der Waals surface area contributed by atoms with E-state index in [9.17, 15) is 0 Å². The third-order valence-electron chi connectivity index (χ3n) is 17.6. The molecule has 1 saturated heterocycles. The Hall–Kier alpha value is -5.45. The van der Waals surface area contributed by atoms with E-state index >= 15 is 0 Å². The molecule has 1 unspecified atom stereocenters. The number of allylic oxidation sites excluding steroid dienone is 1. The van der Waals surface area contributed by atoms with Crippen molar-refractivity contribution in [2.45, 2.75) is 289 Å². The quantitative estimate of drug-likeness (QED) is 0.163. The first-order valence-corrected chi connectivity index (χ1v) is 34.3. The Labute approximate surface area is 554 Å². The van der Waals surface area contributed by atoms with E-state index in [1.165, 1.54) is 82.8 Å². The Morgan fingerprint density at radius 2 is 1.14 bits per heavy atom. The minimum Gasteiger partial charge on any atom is -0.310 e. The molecule has 4 aliphatic heterocycles. The van der Waals surface area contributed by atoms with Crippen LogP contribution in [0.3, 0.4) is 0 Å². The number of hydrogen-bond donors (Lipinski definition) is 2. The molecule has 5 aliphatic rings. The summed E-state index contributed by atoms with van der Waals surface area (Å²) in [5.74, 6) is 0.911. The highest BCUT2D eigenvalue weighted by Gasteiger charge is 2.29. The van der Waals surface area contributed by atoms with E-state index in [4.69, 9.17) is 0 Å². The number of aromatic nitrogens is 12. The summed E-state index contributed by atoms with van der Waals surface area (Å²) in [6, 6.07) is 7.88. The van der Waals surface area contributed by atoms with Gasteiger partial charge in [0, 0.05) is 99.4 Å². The molecule has 512 valence electrons. The van der Waals surface area contributed by atoms with E-state index in [2.05, 4.69) is 298 Å². The number of hydrogen-bond acceptors (Lipinski definition) is 9. The normalized spacial score (nSPS) is 18.7. The van der Waals surface area contributed by atoms with Crippen LogP contribution >= 0.6 is 0 Å². The predicted molar refractivity (Wildman–Crippen MR) is 384 cm³/mol. The highest BCUT2D eigenvalue weighted by molar-refractivity contribution is 5.82. The summed E-state index contributed by atoms with van der Waals surface area (Å²) in [5, 5.41) is 29.2. The van der Waals surface area contributed by atoms with Crippen LogP contribution in [0.2, 0.25) is 0 Å². The lowest BCUT2D eigenvalue weighted by Crippen LogP contribution is -2.41. The first-order chi connectivity index (χ1) is 41.6. The van der Waals surface area contributed by atoms with Gasteiger partial charge in [-0.05, 0) is 108 Å². The number of nitrogens with one attached hydrogen (secondary N) is 2. The van der Waals surface area contributed by atoms with Gasteiger partial charge in [0.05, 0.1) is 79.3 Å². The van der Waals surface area contributed by atoms with E-state index in [0.29, 0.717) is 17.5 Å². The van der Waals surface area contributed by atoms with Crippen molar-refractivity contribution in [3.63, 3.8) is 0 Å². The third kappa shape index (κ3) is 25.1. The summed E-state index contributed by atoms with van der Waals surface area (Å²) in [7, 11) is 4.10. The van der Waals surface area contributed by atoms with Crippen LogP contribution < -0.4 is 10.00 Å². The Balaban J connectivity index is 0.000000228. The molecule has 2 N–H and O–H groups in total. The largest absolute Gasteiger partial charge is 0.310 e. The summed E-state index contributed by atoms with van der Waals surface area (Å²) in [5.41, 5.74) is 13.2. The van der Waals surface area contributed by atoms with Gasteiger partial charge in [-0.2, -0.15) is 30.6 Å². The van der Waals surface area contributed by atoms with Crippen molar-refractivity contribution in [3.05, 3.63) is 118 Å². The van der Waals surface area contributed by atoms with Crippen LogP contribution in [0, 0.1) is 11.3 Å². The van der Waals surface area contributed by atoms with Crippen molar-refractivity contribution in [1.29, 1.82) is 0 Å². The van der Waals surface area contributed by atoms with Gasteiger partial charge in [0.2, 0.25) is 0 Å². The van der Waals surface area contributed by atoms with Crippen molar-refractivity contribution in [3.8, 4) is 0 Å². The molecule has 11 rings (SSSR count). The highest BCUT2D eigenvalue weighted by Crippen LogP contribution is 2.33. The van der Waals surface area contributed by atoms with Crippen LogP contribution in [0.1, 0.15) is 269 Å². The maximum absolute atomic E-state index is 4.68. The van der Waals surface area contributed by atoms with Crippen molar-refractivity contribution in [1.82, 2.24) is 69.1 Å². The van der Waals surface area contributed by atoms with Crippen LogP contribution in [0.4, 0.5) is 0 Å². The minimum atomic E-state index is 0. The highest BCUT2D eigenvalue weighted by atomic mass is 15.4. The maximum Gasteiger partial charge on any atom is 0.199 e. The van der Waals surface area contributed by atoms with Gasteiger partial charge in [0.1, 0.15) is 0 Å². The molecule has 16 nitrogen and oxygen atoms in total. The number of fused-ring (bicyclic) bond motifs is 2. The molecule has 6 aromatic heterocycles. The van der Waals surface area contributed by atoms with E-state index in [-0.39, 0.29) is 39.9 Å². The summed E-state index contributed by atoms with van der Waals surface area (Å²) < 4.78 is 12.6. The fraction of sp³-hybridized carbons (Fsp3) is 0.720. The van der Waals surface area contributed by atoms with Crippen molar-refractivity contribution in [2.24, 2.45) is 23.4 Å². The molecule has 0 aromatic carbocycles. The average Bonchev–Trinajstić information content (AvgIpc) is 1.77. The molecule has 1 saturated carbocycles. The molecule has 1 atom stereocenters. The Morgan fingerprint density at radius 3 is 1.56 bits per heavy atom.